The van der Waals surface area contributed by atoms with Crippen molar-refractivity contribution in [2.24, 2.45) is 0 Å². The van der Waals surface area contributed by atoms with E-state index in [4.69, 9.17) is 0 Å². The Kier molecular flexibility index (Phi) is 12.6. The molecule has 0 saturated carbocycles. The number of anilines is 1. The monoisotopic (exact) mass is 1030 g/mol. The van der Waals surface area contributed by atoms with Gasteiger partial charge in [0.05, 0.1) is 26.5 Å². The number of aromatic carboxylic acids is 1. The van der Waals surface area contributed by atoms with Gasteiger partial charge >= 0.3 is 5.97 Å². The van der Waals surface area contributed by atoms with Gasteiger partial charge in [-0.25, -0.2) is 4.79 Å². The third-order valence-electron chi connectivity index (χ3n) is 12.2. The number of carboxylic acids is 1. The minimum absolute atomic E-state index is 0.0108. The number of hydrogen-bond acceptors (Lipinski definition) is 12. The van der Waals surface area contributed by atoms with Crippen LogP contribution in [0.2, 0.25) is 0 Å². The summed E-state index contributed by atoms with van der Waals surface area (Å²) in [6.07, 6.45) is 8.34. The number of allylic oxidation sites excluding steroid dienone is 6. The summed E-state index contributed by atoms with van der Waals surface area (Å²) in [5.74, 6) is -1.79. The molecule has 5 aromatic carbocycles. The average molecular weight is 1030 g/mol. The van der Waals surface area contributed by atoms with Gasteiger partial charge in [-0.3, -0.25) is 22.8 Å². The standard InChI is InChI=1S/C44H42N2O17S5/c1-43(2)38(46(19-8-20-64(49,50)51)35-18-16-30-32(40(35)43)21-28(65(52,53)54)23-36(30)67(58,59)60)9-6-5-7-10-39-44(3,25-26-11-13-27(14-12-26)42(47)48)41-33-22-29(66(55,56)57)24-37(68(61,62)63)31(33)15-17-34(41)45(39)4/h5-7,9-18,21-24H,8,19-20,25H2,1-4H3,(H5-,47,48,49,50,51,52,53,54,55,56,57,58,59,60,61,62,63)/p+1. The molecule has 0 saturated heterocycles. The number of carbonyl (C=O) groups is 1. The first-order chi connectivity index (χ1) is 31.2. The molecule has 24 heteroatoms. The van der Waals surface area contributed by atoms with Crippen molar-refractivity contribution in [1.29, 1.82) is 0 Å². The van der Waals surface area contributed by atoms with E-state index in [9.17, 15) is 74.8 Å². The van der Waals surface area contributed by atoms with Gasteiger partial charge < -0.3 is 10.0 Å². The van der Waals surface area contributed by atoms with Crippen LogP contribution in [0.5, 0.6) is 0 Å². The molecule has 7 rings (SSSR count). The second kappa shape index (κ2) is 17.1. The molecule has 0 aliphatic carbocycles. The lowest BCUT2D eigenvalue weighted by Crippen LogP contribution is -2.29. The molecule has 1 unspecified atom stereocenters. The Morgan fingerprint density at radius 1 is 0.647 bits per heavy atom. The number of nitrogens with zero attached hydrogens (tertiary/aromatic N) is 2. The smallest absolute Gasteiger partial charge is 0.335 e. The van der Waals surface area contributed by atoms with E-state index in [1.165, 1.54) is 30.3 Å². The Morgan fingerprint density at radius 3 is 1.68 bits per heavy atom. The molecule has 360 valence electrons. The number of carboxylic acid groups (broad SMARTS) is 1. The van der Waals surface area contributed by atoms with Gasteiger partial charge in [-0.05, 0) is 104 Å². The quantitative estimate of drug-likeness (QED) is 0.0423. The van der Waals surface area contributed by atoms with E-state index in [0.29, 0.717) is 51.6 Å². The maximum absolute atomic E-state index is 12.7. The second-order valence-electron chi connectivity index (χ2n) is 17.0. The molecular formula is C44H43N2O17S5+. The van der Waals surface area contributed by atoms with Crippen LogP contribution in [0.4, 0.5) is 11.4 Å². The lowest BCUT2D eigenvalue weighted by Gasteiger charge is -2.30. The Hall–Kier alpha value is -5.67. The minimum atomic E-state index is -5.05. The maximum Gasteiger partial charge on any atom is 0.335 e. The molecule has 0 amide bonds. The SMILES string of the molecule is CN1C(=CC=CC=CC2=[N+](CCCS(=O)(=O)O)c3ccc4c(S(=O)(=O)O)cc(S(=O)(=O)O)cc4c3C2(C)C)C(C)(Cc2ccc(C(=O)O)cc2)c2c1ccc1c(S(=O)(=O)O)cc(S(=O)(=O)O)cc21. The van der Waals surface area contributed by atoms with Gasteiger partial charge in [0.25, 0.3) is 50.6 Å². The van der Waals surface area contributed by atoms with Gasteiger partial charge in [0, 0.05) is 58.7 Å². The van der Waals surface area contributed by atoms with Crippen molar-refractivity contribution in [2.75, 3.05) is 24.2 Å². The number of hydrogen-bond donors (Lipinski definition) is 6. The molecule has 0 fully saturated rings. The number of benzene rings is 5. The third-order valence-corrected chi connectivity index (χ3v) is 16.5. The van der Waals surface area contributed by atoms with Gasteiger partial charge in [0.15, 0.2) is 5.71 Å². The van der Waals surface area contributed by atoms with E-state index in [-0.39, 0.29) is 46.5 Å². The normalized spacial score (nSPS) is 18.4. The molecule has 19 nitrogen and oxygen atoms in total. The average Bonchev–Trinajstić information content (AvgIpc) is 3.56. The van der Waals surface area contributed by atoms with Crippen LogP contribution in [-0.4, -0.2) is 106 Å². The van der Waals surface area contributed by atoms with E-state index in [0.717, 1.165) is 12.1 Å². The van der Waals surface area contributed by atoms with E-state index in [1.54, 1.807) is 85.9 Å². The van der Waals surface area contributed by atoms with Crippen LogP contribution >= 0.6 is 0 Å². The van der Waals surface area contributed by atoms with Crippen molar-refractivity contribution >= 4 is 95.2 Å². The van der Waals surface area contributed by atoms with E-state index >= 15 is 0 Å². The topological polar surface area (TPSA) is 315 Å². The second-order valence-corrected chi connectivity index (χ2v) is 24.2. The minimum Gasteiger partial charge on any atom is -0.478 e. The number of fused-ring (bicyclic) bond motifs is 6. The summed E-state index contributed by atoms with van der Waals surface area (Å²) in [7, 11) is -22.8. The van der Waals surface area contributed by atoms with Crippen LogP contribution in [0.15, 0.2) is 128 Å². The van der Waals surface area contributed by atoms with Gasteiger partial charge in [-0.1, -0.05) is 36.4 Å². The fraction of sp³-hybridized carbons (Fsp3) is 0.227. The zero-order chi connectivity index (χ0) is 50.3. The van der Waals surface area contributed by atoms with Crippen LogP contribution in [-0.2, 0) is 67.8 Å². The largest absolute Gasteiger partial charge is 0.478 e. The summed E-state index contributed by atoms with van der Waals surface area (Å²) >= 11 is 0. The van der Waals surface area contributed by atoms with Crippen LogP contribution in [0.1, 0.15) is 54.2 Å². The Morgan fingerprint density at radius 2 is 1.18 bits per heavy atom. The predicted octanol–water partition coefficient (Wildman–Crippen LogP) is 5.98. The van der Waals surface area contributed by atoms with E-state index in [1.807, 2.05) is 0 Å². The van der Waals surface area contributed by atoms with Crippen LogP contribution < -0.4 is 4.90 Å². The lowest BCUT2D eigenvalue weighted by atomic mass is 9.74. The van der Waals surface area contributed by atoms with Crippen molar-refractivity contribution in [3.8, 4) is 0 Å². The molecule has 0 spiro atoms. The molecular weight excluding hydrogens is 989 g/mol. The Balaban J connectivity index is 1.38. The van der Waals surface area contributed by atoms with Gasteiger partial charge in [-0.2, -0.15) is 46.7 Å². The van der Waals surface area contributed by atoms with Gasteiger partial charge in [0.1, 0.15) is 16.3 Å². The zero-order valence-corrected chi connectivity index (χ0v) is 40.3. The fourth-order valence-corrected chi connectivity index (χ4v) is 12.5. The lowest BCUT2D eigenvalue weighted by molar-refractivity contribution is -0.437. The summed E-state index contributed by atoms with van der Waals surface area (Å²) in [6, 6.07) is 15.3. The molecule has 1 atom stereocenters. The van der Waals surface area contributed by atoms with E-state index < -0.39 is 92.7 Å². The predicted molar refractivity (Wildman–Crippen MR) is 250 cm³/mol. The molecule has 5 aromatic rings. The molecule has 2 aliphatic rings. The molecule has 2 aliphatic heterocycles. The third kappa shape index (κ3) is 9.40. The summed E-state index contributed by atoms with van der Waals surface area (Å²) in [6.45, 7) is 5.25. The fourth-order valence-electron chi connectivity index (χ4n) is 9.37. The van der Waals surface area contributed by atoms with Crippen LogP contribution in [0, 0.1) is 0 Å². The summed E-state index contributed by atoms with van der Waals surface area (Å²) in [5.41, 5.74) is 1.09. The highest BCUT2D eigenvalue weighted by atomic mass is 32.2. The maximum atomic E-state index is 12.7. The highest BCUT2D eigenvalue weighted by Crippen LogP contribution is 2.53. The van der Waals surface area contributed by atoms with Crippen LogP contribution in [0.25, 0.3) is 21.5 Å². The van der Waals surface area contributed by atoms with Crippen molar-refractivity contribution in [3.05, 3.63) is 131 Å². The van der Waals surface area contributed by atoms with Crippen molar-refractivity contribution in [3.63, 3.8) is 0 Å². The zero-order valence-electron chi connectivity index (χ0n) is 36.3. The molecule has 0 radical (unpaired) electrons. The van der Waals surface area contributed by atoms with Crippen molar-refractivity contribution in [1.82, 2.24) is 0 Å². The summed E-state index contributed by atoms with van der Waals surface area (Å²) in [4.78, 5) is 10.3. The van der Waals surface area contributed by atoms with Crippen molar-refractivity contribution < 1.29 is 79.3 Å². The first-order valence-corrected chi connectivity index (χ1v) is 27.5. The highest BCUT2D eigenvalue weighted by molar-refractivity contribution is 7.87. The Labute approximate surface area is 391 Å². The first-order valence-electron chi connectivity index (χ1n) is 20.1. The van der Waals surface area contributed by atoms with Gasteiger partial charge in [-0.15, -0.1) is 0 Å². The molecule has 68 heavy (non-hydrogen) atoms. The molecule has 2 heterocycles. The Bertz CT molecular complexity index is 3730. The summed E-state index contributed by atoms with van der Waals surface area (Å²) < 4.78 is 175. The first kappa shape index (κ1) is 50.2. The molecule has 6 N–H and O–H groups in total. The molecule has 0 aromatic heterocycles. The molecule has 0 bridgehead atoms. The number of rotatable bonds is 14. The van der Waals surface area contributed by atoms with Gasteiger partial charge in [0.2, 0.25) is 5.69 Å². The van der Waals surface area contributed by atoms with Crippen LogP contribution in [0.3, 0.4) is 0 Å². The highest BCUT2D eigenvalue weighted by Gasteiger charge is 2.47. The summed E-state index contributed by atoms with van der Waals surface area (Å²) in [5, 5.41) is 9.54. The number of likely N-dealkylation sites (N-methyl/N-ethyl adjacent to an activating group) is 1. The van der Waals surface area contributed by atoms with Crippen molar-refractivity contribution in [2.45, 2.75) is 64.0 Å². The van der Waals surface area contributed by atoms with E-state index in [2.05, 4.69) is 0 Å².